The van der Waals surface area contributed by atoms with Gasteiger partial charge in [0, 0.05) is 12.6 Å². The Morgan fingerprint density at radius 1 is 1.04 bits per heavy atom. The number of carbonyl (C=O) groups excluding carboxylic acids is 3. The number of likely N-dealkylation sites (N-methyl/N-ethyl adjacent to an activating group) is 1. The second-order valence-electron chi connectivity index (χ2n) is 5.21. The Hall–Kier alpha value is -2.41. The van der Waals surface area contributed by atoms with Crippen molar-refractivity contribution in [2.24, 2.45) is 0 Å². The first-order chi connectivity index (χ1) is 10.8. The summed E-state index contributed by atoms with van der Waals surface area (Å²) in [5, 5.41) is 8.14. The lowest BCUT2D eigenvalue weighted by Crippen LogP contribution is -2.48. The van der Waals surface area contributed by atoms with E-state index < -0.39 is 6.04 Å². The monoisotopic (exact) mass is 321 g/mol. The summed E-state index contributed by atoms with van der Waals surface area (Å²) in [6.45, 7) is 4.86. The Bertz CT molecular complexity index is 557. The predicted molar refractivity (Wildman–Crippen MR) is 86.7 cm³/mol. The van der Waals surface area contributed by atoms with Crippen LogP contribution in [0.15, 0.2) is 24.3 Å². The van der Waals surface area contributed by atoms with Gasteiger partial charge in [-0.25, -0.2) is 0 Å². The quantitative estimate of drug-likeness (QED) is 0.646. The summed E-state index contributed by atoms with van der Waals surface area (Å²) in [5.41, 5.74) is 1.42. The fourth-order valence-electron chi connectivity index (χ4n) is 1.65. The molecule has 0 radical (unpaired) electrons. The van der Waals surface area contributed by atoms with E-state index in [-0.39, 0.29) is 30.4 Å². The van der Waals surface area contributed by atoms with Crippen LogP contribution in [0.4, 0.5) is 5.69 Å². The summed E-state index contributed by atoms with van der Waals surface area (Å²) in [7, 11) is 1.67. The summed E-state index contributed by atoms with van der Waals surface area (Å²) in [4.78, 5) is 34.5. The van der Waals surface area contributed by atoms with Crippen LogP contribution in [-0.2, 0) is 25.7 Å². The number of nitrogens with one attached hydrogen (secondary N) is 3. The Balaban J connectivity index is 2.53. The average molecular weight is 321 g/mol. The largest absolute Gasteiger partial charge is 0.461 e. The van der Waals surface area contributed by atoms with Crippen LogP contribution in [0.2, 0.25) is 0 Å². The van der Waals surface area contributed by atoms with Crippen LogP contribution >= 0.6 is 0 Å². The van der Waals surface area contributed by atoms with Gasteiger partial charge in [0.2, 0.25) is 11.8 Å². The molecule has 0 aliphatic rings. The van der Waals surface area contributed by atoms with Gasteiger partial charge < -0.3 is 20.7 Å². The molecule has 1 aromatic carbocycles. The van der Waals surface area contributed by atoms with E-state index in [4.69, 9.17) is 4.74 Å². The number of hydrogen-bond acceptors (Lipinski definition) is 5. The van der Waals surface area contributed by atoms with Crippen LogP contribution in [0.5, 0.6) is 0 Å². The molecule has 7 heteroatoms. The predicted octanol–water partition coefficient (Wildman–Crippen LogP) is 0.801. The van der Waals surface area contributed by atoms with Crippen LogP contribution < -0.4 is 16.0 Å². The molecule has 0 saturated carbocycles. The van der Waals surface area contributed by atoms with Crippen molar-refractivity contribution >= 4 is 23.5 Å². The van der Waals surface area contributed by atoms with E-state index in [9.17, 15) is 14.4 Å². The molecule has 0 aliphatic carbocycles. The zero-order valence-electron chi connectivity index (χ0n) is 13.8. The minimum Gasteiger partial charge on any atom is -0.461 e. The van der Waals surface area contributed by atoms with E-state index in [2.05, 4.69) is 16.0 Å². The maximum absolute atomic E-state index is 12.0. The molecule has 0 aromatic heterocycles. The molecule has 1 aromatic rings. The van der Waals surface area contributed by atoms with Crippen molar-refractivity contribution in [3.8, 4) is 0 Å². The molecular weight excluding hydrogens is 298 g/mol. The lowest BCUT2D eigenvalue weighted by Gasteiger charge is -2.17. The molecule has 126 valence electrons. The van der Waals surface area contributed by atoms with E-state index in [1.165, 1.54) is 6.92 Å². The number of benzene rings is 1. The normalized spacial score (nSPS) is 12.9. The summed E-state index contributed by atoms with van der Waals surface area (Å²) in [6, 6.07) is 5.91. The Kier molecular flexibility index (Phi) is 7.21. The third-order valence-corrected chi connectivity index (χ3v) is 3.24. The van der Waals surface area contributed by atoms with E-state index >= 15 is 0 Å². The molecule has 0 spiro atoms. The van der Waals surface area contributed by atoms with Gasteiger partial charge in [0.25, 0.3) is 0 Å². The van der Waals surface area contributed by atoms with Crippen molar-refractivity contribution in [1.29, 1.82) is 0 Å². The molecule has 23 heavy (non-hydrogen) atoms. The zero-order valence-corrected chi connectivity index (χ0v) is 13.8. The summed E-state index contributed by atoms with van der Waals surface area (Å²) >= 11 is 0. The van der Waals surface area contributed by atoms with Gasteiger partial charge in [0.1, 0.15) is 12.6 Å². The number of anilines is 1. The third kappa shape index (κ3) is 6.48. The van der Waals surface area contributed by atoms with Crippen LogP contribution in [0.25, 0.3) is 0 Å². The molecule has 0 fully saturated rings. The maximum atomic E-state index is 12.0. The fraction of sp³-hybridized carbons (Fsp3) is 0.438. The number of amides is 2. The van der Waals surface area contributed by atoms with Gasteiger partial charge in [-0.1, -0.05) is 12.1 Å². The Labute approximate surface area is 135 Å². The summed E-state index contributed by atoms with van der Waals surface area (Å²) in [5.74, 6) is -0.899. The highest BCUT2D eigenvalue weighted by molar-refractivity contribution is 5.97. The minimum atomic E-state index is -0.654. The highest BCUT2D eigenvalue weighted by Crippen LogP contribution is 2.11. The second-order valence-corrected chi connectivity index (χ2v) is 5.21. The molecule has 7 nitrogen and oxygen atoms in total. The van der Waals surface area contributed by atoms with Gasteiger partial charge in [-0.3, -0.25) is 14.4 Å². The molecule has 0 bridgehead atoms. The smallest absolute Gasteiger partial charge is 0.302 e. The number of ether oxygens (including phenoxy) is 1. The molecule has 2 atom stereocenters. The third-order valence-electron chi connectivity index (χ3n) is 3.24. The molecule has 0 saturated heterocycles. The number of esters is 1. The van der Waals surface area contributed by atoms with Gasteiger partial charge in [0.05, 0.1) is 6.04 Å². The van der Waals surface area contributed by atoms with Crippen LogP contribution in [0.3, 0.4) is 0 Å². The van der Waals surface area contributed by atoms with Crippen LogP contribution in [0, 0.1) is 0 Å². The Morgan fingerprint density at radius 3 is 2.17 bits per heavy atom. The van der Waals surface area contributed by atoms with Crippen molar-refractivity contribution in [3.05, 3.63) is 29.8 Å². The lowest BCUT2D eigenvalue weighted by atomic mass is 10.2. The molecule has 2 unspecified atom stereocenters. The number of hydrogen-bond donors (Lipinski definition) is 3. The fourth-order valence-corrected chi connectivity index (χ4v) is 1.65. The first-order valence-corrected chi connectivity index (χ1v) is 7.34. The summed E-state index contributed by atoms with van der Waals surface area (Å²) < 4.78 is 4.88. The van der Waals surface area contributed by atoms with Gasteiger partial charge in [0.15, 0.2) is 0 Å². The van der Waals surface area contributed by atoms with Gasteiger partial charge in [-0.15, -0.1) is 0 Å². The highest BCUT2D eigenvalue weighted by atomic mass is 16.5. The van der Waals surface area contributed by atoms with Crippen molar-refractivity contribution in [2.75, 3.05) is 12.4 Å². The zero-order chi connectivity index (χ0) is 17.4. The first kappa shape index (κ1) is 18.6. The van der Waals surface area contributed by atoms with E-state index in [0.717, 1.165) is 5.56 Å². The van der Waals surface area contributed by atoms with E-state index in [0.29, 0.717) is 5.69 Å². The first-order valence-electron chi connectivity index (χ1n) is 7.34. The summed E-state index contributed by atoms with van der Waals surface area (Å²) in [6.07, 6.45) is 0. The van der Waals surface area contributed by atoms with Gasteiger partial charge >= 0.3 is 5.97 Å². The van der Waals surface area contributed by atoms with Crippen molar-refractivity contribution in [2.45, 2.75) is 39.5 Å². The van der Waals surface area contributed by atoms with E-state index in [1.807, 2.05) is 0 Å². The van der Waals surface area contributed by atoms with Gasteiger partial charge in [-0.2, -0.15) is 0 Å². The second kappa shape index (κ2) is 8.89. The molecule has 0 heterocycles. The average Bonchev–Trinajstić information content (AvgIpc) is 2.53. The van der Waals surface area contributed by atoms with Crippen LogP contribution in [-0.4, -0.2) is 36.9 Å². The number of carbonyl (C=O) groups is 3. The Morgan fingerprint density at radius 2 is 1.65 bits per heavy atom. The SMILES string of the molecule is CNC(C)C(=O)NC(C)C(=O)Nc1ccc(COC(C)=O)cc1. The highest BCUT2D eigenvalue weighted by Gasteiger charge is 2.18. The van der Waals surface area contributed by atoms with Crippen molar-refractivity contribution in [1.82, 2.24) is 10.6 Å². The molecular formula is C16H23N3O4. The molecule has 0 aliphatic heterocycles. The van der Waals surface area contributed by atoms with Crippen LogP contribution in [0.1, 0.15) is 26.3 Å². The molecule has 2 amide bonds. The maximum Gasteiger partial charge on any atom is 0.302 e. The molecule has 3 N–H and O–H groups in total. The standard InChI is InChI=1S/C16H23N3O4/c1-10(17-4)15(21)18-11(2)16(22)19-14-7-5-13(6-8-14)9-23-12(3)20/h5-8,10-11,17H,9H2,1-4H3,(H,18,21)(H,19,22). The van der Waals surface area contributed by atoms with E-state index in [1.54, 1.807) is 45.2 Å². The molecule has 1 rings (SSSR count). The van der Waals surface area contributed by atoms with Gasteiger partial charge in [-0.05, 0) is 38.6 Å². The topological polar surface area (TPSA) is 96.5 Å². The van der Waals surface area contributed by atoms with Crippen molar-refractivity contribution in [3.63, 3.8) is 0 Å². The minimum absolute atomic E-state index is 0.192. The van der Waals surface area contributed by atoms with Crippen molar-refractivity contribution < 1.29 is 19.1 Å². The number of rotatable bonds is 7. The lowest BCUT2D eigenvalue weighted by molar-refractivity contribution is -0.142.